The van der Waals surface area contributed by atoms with Crippen LogP contribution in [-0.4, -0.2) is 30.0 Å². The smallest absolute Gasteiger partial charge is 0.237 e. The number of benzene rings is 1. The summed E-state index contributed by atoms with van der Waals surface area (Å²) in [5, 5.41) is 6.12. The van der Waals surface area contributed by atoms with E-state index in [1.807, 2.05) is 12.1 Å². The van der Waals surface area contributed by atoms with Gasteiger partial charge in [0.05, 0.1) is 6.04 Å². The molecule has 0 radical (unpaired) electrons. The van der Waals surface area contributed by atoms with Gasteiger partial charge < -0.3 is 10.6 Å². The quantitative estimate of drug-likeness (QED) is 0.883. The fourth-order valence-electron chi connectivity index (χ4n) is 2.43. The SMILES string of the molecule is O=C1NCCN[C@H]1Cc1ccc(-c2ccncc2)cc1. The average Bonchev–Trinajstić information content (AvgIpc) is 2.51. The van der Waals surface area contributed by atoms with E-state index in [1.54, 1.807) is 12.4 Å². The summed E-state index contributed by atoms with van der Waals surface area (Å²) in [7, 11) is 0. The number of piperazine rings is 1. The summed E-state index contributed by atoms with van der Waals surface area (Å²) >= 11 is 0. The van der Waals surface area contributed by atoms with Crippen molar-refractivity contribution in [1.29, 1.82) is 0 Å². The molecule has 0 unspecified atom stereocenters. The average molecular weight is 267 g/mol. The van der Waals surface area contributed by atoms with Gasteiger partial charge >= 0.3 is 0 Å². The molecule has 1 aromatic heterocycles. The molecule has 2 aromatic rings. The molecule has 0 spiro atoms. The number of nitrogens with one attached hydrogen (secondary N) is 2. The summed E-state index contributed by atoms with van der Waals surface area (Å²) in [4.78, 5) is 15.7. The Kier molecular flexibility index (Phi) is 3.74. The lowest BCUT2D eigenvalue weighted by Gasteiger charge is -2.23. The lowest BCUT2D eigenvalue weighted by atomic mass is 10.0. The number of carbonyl (C=O) groups excluding carboxylic acids is 1. The van der Waals surface area contributed by atoms with Crippen molar-refractivity contribution in [2.75, 3.05) is 13.1 Å². The zero-order valence-electron chi connectivity index (χ0n) is 11.2. The van der Waals surface area contributed by atoms with E-state index in [1.165, 1.54) is 0 Å². The van der Waals surface area contributed by atoms with Crippen molar-refractivity contribution in [2.24, 2.45) is 0 Å². The van der Waals surface area contributed by atoms with Crippen LogP contribution in [0, 0.1) is 0 Å². The number of carbonyl (C=O) groups is 1. The summed E-state index contributed by atoms with van der Waals surface area (Å²) in [5.74, 6) is 0.0921. The minimum atomic E-state index is -0.115. The van der Waals surface area contributed by atoms with Crippen LogP contribution < -0.4 is 10.6 Å². The maximum absolute atomic E-state index is 11.7. The van der Waals surface area contributed by atoms with Gasteiger partial charge in [0.15, 0.2) is 0 Å². The molecule has 3 rings (SSSR count). The van der Waals surface area contributed by atoms with Crippen LogP contribution in [0.25, 0.3) is 11.1 Å². The molecule has 2 heterocycles. The lowest BCUT2D eigenvalue weighted by molar-refractivity contribution is -0.124. The van der Waals surface area contributed by atoms with Gasteiger partial charge in [0.25, 0.3) is 0 Å². The van der Waals surface area contributed by atoms with Crippen LogP contribution in [0.5, 0.6) is 0 Å². The molecule has 1 aromatic carbocycles. The third kappa shape index (κ3) is 2.86. The van der Waals surface area contributed by atoms with Gasteiger partial charge in [0, 0.05) is 25.5 Å². The van der Waals surface area contributed by atoms with Crippen LogP contribution in [0.2, 0.25) is 0 Å². The first-order valence-corrected chi connectivity index (χ1v) is 6.83. The second kappa shape index (κ2) is 5.84. The van der Waals surface area contributed by atoms with Crippen LogP contribution in [-0.2, 0) is 11.2 Å². The minimum Gasteiger partial charge on any atom is -0.353 e. The van der Waals surface area contributed by atoms with Crippen LogP contribution in [0.15, 0.2) is 48.8 Å². The predicted molar refractivity (Wildman–Crippen MR) is 78.2 cm³/mol. The molecule has 0 aliphatic carbocycles. The molecular formula is C16H17N3O. The molecule has 4 nitrogen and oxygen atoms in total. The Morgan fingerprint density at radius 3 is 2.40 bits per heavy atom. The van der Waals surface area contributed by atoms with Crippen molar-refractivity contribution < 1.29 is 4.79 Å². The summed E-state index contributed by atoms with van der Waals surface area (Å²) < 4.78 is 0. The summed E-state index contributed by atoms with van der Waals surface area (Å²) in [6.45, 7) is 1.56. The van der Waals surface area contributed by atoms with Crippen molar-refractivity contribution in [2.45, 2.75) is 12.5 Å². The fraction of sp³-hybridized carbons (Fsp3) is 0.250. The van der Waals surface area contributed by atoms with Crippen molar-refractivity contribution in [3.05, 3.63) is 54.4 Å². The second-order valence-electron chi connectivity index (χ2n) is 4.93. The highest BCUT2D eigenvalue weighted by molar-refractivity contribution is 5.82. The zero-order chi connectivity index (χ0) is 13.8. The van der Waals surface area contributed by atoms with Gasteiger partial charge in [-0.1, -0.05) is 24.3 Å². The Balaban J connectivity index is 1.72. The molecule has 1 aliphatic rings. The monoisotopic (exact) mass is 267 g/mol. The molecule has 0 saturated carbocycles. The van der Waals surface area contributed by atoms with E-state index in [0.29, 0.717) is 0 Å². The molecule has 0 bridgehead atoms. The normalized spacial score (nSPS) is 18.6. The minimum absolute atomic E-state index is 0.0921. The number of nitrogens with zero attached hydrogens (tertiary/aromatic N) is 1. The van der Waals surface area contributed by atoms with Crippen LogP contribution in [0.3, 0.4) is 0 Å². The summed E-state index contributed by atoms with van der Waals surface area (Å²) in [6, 6.07) is 12.2. The van der Waals surface area contributed by atoms with E-state index in [2.05, 4.69) is 39.9 Å². The molecular weight excluding hydrogens is 250 g/mol. The van der Waals surface area contributed by atoms with Crippen molar-refractivity contribution in [1.82, 2.24) is 15.6 Å². The largest absolute Gasteiger partial charge is 0.353 e. The molecule has 1 amide bonds. The standard InChI is InChI=1S/C16H17N3O/c20-16-15(18-9-10-19-16)11-12-1-3-13(4-2-12)14-5-7-17-8-6-14/h1-8,15,18H,9-11H2,(H,19,20)/t15-/m0/s1. The third-order valence-corrected chi connectivity index (χ3v) is 3.54. The molecule has 2 N–H and O–H groups in total. The first kappa shape index (κ1) is 12.8. The molecule has 1 aliphatic heterocycles. The van der Waals surface area contributed by atoms with E-state index in [0.717, 1.165) is 36.2 Å². The van der Waals surface area contributed by atoms with Crippen molar-refractivity contribution in [3.63, 3.8) is 0 Å². The highest BCUT2D eigenvalue weighted by atomic mass is 16.2. The van der Waals surface area contributed by atoms with Gasteiger partial charge in [-0.15, -0.1) is 0 Å². The maximum atomic E-state index is 11.7. The number of hydrogen-bond acceptors (Lipinski definition) is 3. The Hall–Kier alpha value is -2.20. The highest BCUT2D eigenvalue weighted by Crippen LogP contribution is 2.19. The lowest BCUT2D eigenvalue weighted by Crippen LogP contribution is -2.53. The van der Waals surface area contributed by atoms with Crippen LogP contribution >= 0.6 is 0 Å². The molecule has 20 heavy (non-hydrogen) atoms. The topological polar surface area (TPSA) is 54.0 Å². The Morgan fingerprint density at radius 1 is 1.00 bits per heavy atom. The first-order valence-electron chi connectivity index (χ1n) is 6.83. The van der Waals surface area contributed by atoms with Crippen molar-refractivity contribution in [3.8, 4) is 11.1 Å². The first-order chi connectivity index (χ1) is 9.83. The number of rotatable bonds is 3. The maximum Gasteiger partial charge on any atom is 0.237 e. The Labute approximate surface area is 118 Å². The number of aromatic nitrogens is 1. The fourth-order valence-corrected chi connectivity index (χ4v) is 2.43. The number of amides is 1. The van der Waals surface area contributed by atoms with Gasteiger partial charge in [-0.2, -0.15) is 0 Å². The highest BCUT2D eigenvalue weighted by Gasteiger charge is 2.21. The van der Waals surface area contributed by atoms with E-state index in [9.17, 15) is 4.79 Å². The van der Waals surface area contributed by atoms with Gasteiger partial charge in [-0.05, 0) is 35.2 Å². The summed E-state index contributed by atoms with van der Waals surface area (Å²) in [5.41, 5.74) is 3.48. The van der Waals surface area contributed by atoms with Crippen molar-refractivity contribution >= 4 is 5.91 Å². The molecule has 1 atom stereocenters. The molecule has 102 valence electrons. The van der Waals surface area contributed by atoms with Crippen LogP contribution in [0.1, 0.15) is 5.56 Å². The van der Waals surface area contributed by atoms with Gasteiger partial charge in [0.1, 0.15) is 0 Å². The number of hydrogen-bond donors (Lipinski definition) is 2. The summed E-state index contributed by atoms with van der Waals surface area (Å²) in [6.07, 6.45) is 4.31. The third-order valence-electron chi connectivity index (χ3n) is 3.54. The predicted octanol–water partition coefficient (Wildman–Crippen LogP) is 1.38. The number of pyridine rings is 1. The molecule has 1 fully saturated rings. The van der Waals surface area contributed by atoms with Gasteiger partial charge in [-0.3, -0.25) is 9.78 Å². The molecule has 4 heteroatoms. The van der Waals surface area contributed by atoms with Gasteiger partial charge in [0.2, 0.25) is 5.91 Å². The second-order valence-corrected chi connectivity index (χ2v) is 4.93. The van der Waals surface area contributed by atoms with Crippen LogP contribution in [0.4, 0.5) is 0 Å². The van der Waals surface area contributed by atoms with E-state index >= 15 is 0 Å². The van der Waals surface area contributed by atoms with Gasteiger partial charge in [-0.25, -0.2) is 0 Å². The Bertz CT molecular complexity index is 580. The Morgan fingerprint density at radius 2 is 1.70 bits per heavy atom. The zero-order valence-corrected chi connectivity index (χ0v) is 11.2. The van der Waals surface area contributed by atoms with E-state index < -0.39 is 0 Å². The molecule has 1 saturated heterocycles. The van der Waals surface area contributed by atoms with E-state index in [4.69, 9.17) is 0 Å². The van der Waals surface area contributed by atoms with E-state index in [-0.39, 0.29) is 11.9 Å².